The summed E-state index contributed by atoms with van der Waals surface area (Å²) in [7, 11) is 0. The van der Waals surface area contributed by atoms with Crippen LogP contribution < -0.4 is 5.32 Å². The molecule has 3 atom stereocenters. The number of halogens is 1. The molecule has 1 amide bonds. The maximum atomic E-state index is 13.2. The lowest BCUT2D eigenvalue weighted by atomic mass is 9.96. The average Bonchev–Trinajstić information content (AvgIpc) is 2.41. The van der Waals surface area contributed by atoms with Crippen LogP contribution in [0.3, 0.4) is 0 Å². The molecule has 116 valence electrons. The highest BCUT2D eigenvalue weighted by atomic mass is 19.1. The summed E-state index contributed by atoms with van der Waals surface area (Å²) in [6, 6.07) is 7.20. The second-order valence-electron chi connectivity index (χ2n) is 6.21. The molecule has 1 N–H and O–H groups in total. The van der Waals surface area contributed by atoms with Gasteiger partial charge >= 0.3 is 0 Å². The van der Waals surface area contributed by atoms with E-state index in [-0.39, 0.29) is 23.7 Å². The Kier molecular flexibility index (Phi) is 5.34. The maximum Gasteiger partial charge on any atom is 0.223 e. The molecule has 4 heteroatoms. The smallest absolute Gasteiger partial charge is 0.223 e. The van der Waals surface area contributed by atoms with Gasteiger partial charge in [-0.1, -0.05) is 19.1 Å². The van der Waals surface area contributed by atoms with Crippen LogP contribution in [-0.2, 0) is 11.2 Å². The van der Waals surface area contributed by atoms with E-state index in [0.29, 0.717) is 12.5 Å². The van der Waals surface area contributed by atoms with Gasteiger partial charge < -0.3 is 10.2 Å². The molecule has 1 aromatic rings. The summed E-state index contributed by atoms with van der Waals surface area (Å²) >= 11 is 0. The molecule has 1 aliphatic heterocycles. The highest BCUT2D eigenvalue weighted by molar-refractivity contribution is 5.77. The summed E-state index contributed by atoms with van der Waals surface area (Å²) in [5, 5.41) is 3.38. The van der Waals surface area contributed by atoms with Crippen LogP contribution in [0.25, 0.3) is 0 Å². The minimum absolute atomic E-state index is 0.208. The van der Waals surface area contributed by atoms with Crippen molar-refractivity contribution >= 4 is 5.91 Å². The van der Waals surface area contributed by atoms with E-state index >= 15 is 0 Å². The third-order valence-corrected chi connectivity index (χ3v) is 4.35. The van der Waals surface area contributed by atoms with Gasteiger partial charge in [0.05, 0.1) is 0 Å². The van der Waals surface area contributed by atoms with Crippen molar-refractivity contribution in [1.29, 1.82) is 0 Å². The number of hydrogen-bond acceptors (Lipinski definition) is 2. The number of rotatable bonds is 4. The van der Waals surface area contributed by atoms with E-state index in [1.54, 1.807) is 12.1 Å². The van der Waals surface area contributed by atoms with Crippen molar-refractivity contribution in [3.8, 4) is 0 Å². The van der Waals surface area contributed by atoms with Crippen LogP contribution in [-0.4, -0.2) is 36.0 Å². The van der Waals surface area contributed by atoms with E-state index in [0.717, 1.165) is 25.1 Å². The zero-order valence-electron chi connectivity index (χ0n) is 13.1. The average molecular weight is 292 g/mol. The van der Waals surface area contributed by atoms with Crippen molar-refractivity contribution in [1.82, 2.24) is 10.2 Å². The molecule has 0 aromatic heterocycles. The van der Waals surface area contributed by atoms with Gasteiger partial charge in [-0.05, 0) is 43.9 Å². The second kappa shape index (κ2) is 7.03. The maximum absolute atomic E-state index is 13.2. The number of hydrogen-bond donors (Lipinski definition) is 1. The standard InChI is InChI=1S/C17H25FN2O/c1-12(9-15-5-4-6-16(18)11-15)10-17(21)20-8-7-19-13(2)14(20)3/h4-6,11-14,19H,7-10H2,1-3H3. The number of benzene rings is 1. The summed E-state index contributed by atoms with van der Waals surface area (Å²) < 4.78 is 13.2. The molecule has 1 aromatic carbocycles. The monoisotopic (exact) mass is 292 g/mol. The minimum atomic E-state index is -0.212. The van der Waals surface area contributed by atoms with Crippen LogP contribution in [0.5, 0.6) is 0 Å². The molecule has 1 saturated heterocycles. The van der Waals surface area contributed by atoms with Gasteiger partial charge in [0.25, 0.3) is 0 Å². The van der Waals surface area contributed by atoms with Crippen LogP contribution in [0.1, 0.15) is 32.8 Å². The Labute approximate surface area is 126 Å². The largest absolute Gasteiger partial charge is 0.337 e. The summed E-state index contributed by atoms with van der Waals surface area (Å²) in [6.07, 6.45) is 1.26. The number of nitrogens with zero attached hydrogens (tertiary/aromatic N) is 1. The second-order valence-corrected chi connectivity index (χ2v) is 6.21. The number of amides is 1. The molecule has 0 bridgehead atoms. The Bertz CT molecular complexity index is 491. The first-order valence-electron chi connectivity index (χ1n) is 7.74. The van der Waals surface area contributed by atoms with E-state index in [1.165, 1.54) is 6.07 Å². The van der Waals surface area contributed by atoms with E-state index in [2.05, 4.69) is 26.1 Å². The zero-order chi connectivity index (χ0) is 15.4. The Balaban J connectivity index is 1.90. The highest BCUT2D eigenvalue weighted by Crippen LogP contribution is 2.17. The molecule has 1 fully saturated rings. The Morgan fingerprint density at radius 1 is 1.48 bits per heavy atom. The number of carbonyl (C=O) groups is 1. The van der Waals surface area contributed by atoms with Crippen LogP contribution in [0.2, 0.25) is 0 Å². The van der Waals surface area contributed by atoms with Crippen molar-refractivity contribution in [3.63, 3.8) is 0 Å². The SMILES string of the molecule is CC(CC(=O)N1CCNC(C)C1C)Cc1cccc(F)c1. The quantitative estimate of drug-likeness (QED) is 0.925. The summed E-state index contributed by atoms with van der Waals surface area (Å²) in [5.41, 5.74) is 0.956. The van der Waals surface area contributed by atoms with Crippen molar-refractivity contribution in [3.05, 3.63) is 35.6 Å². The molecular weight excluding hydrogens is 267 g/mol. The van der Waals surface area contributed by atoms with Gasteiger partial charge in [-0.15, -0.1) is 0 Å². The third-order valence-electron chi connectivity index (χ3n) is 4.35. The predicted molar refractivity (Wildman–Crippen MR) is 82.5 cm³/mol. The molecule has 0 spiro atoms. The first-order chi connectivity index (χ1) is 9.97. The number of piperazine rings is 1. The van der Waals surface area contributed by atoms with Crippen LogP contribution in [0.15, 0.2) is 24.3 Å². The van der Waals surface area contributed by atoms with E-state index < -0.39 is 0 Å². The van der Waals surface area contributed by atoms with Gasteiger partial charge in [0.2, 0.25) is 5.91 Å². The minimum Gasteiger partial charge on any atom is -0.337 e. The zero-order valence-corrected chi connectivity index (χ0v) is 13.1. The van der Waals surface area contributed by atoms with Gasteiger partial charge in [-0.2, -0.15) is 0 Å². The normalized spacial score (nSPS) is 23.9. The predicted octanol–water partition coefficient (Wildman–Crippen LogP) is 2.60. The topological polar surface area (TPSA) is 32.3 Å². The Hall–Kier alpha value is -1.42. The summed E-state index contributed by atoms with van der Waals surface area (Å²) in [6.45, 7) is 7.89. The lowest BCUT2D eigenvalue weighted by Crippen LogP contribution is -2.57. The molecule has 1 aliphatic rings. The molecule has 1 heterocycles. The molecular formula is C17H25FN2O. The van der Waals surface area contributed by atoms with Gasteiger partial charge in [0.1, 0.15) is 5.82 Å². The fourth-order valence-corrected chi connectivity index (χ4v) is 2.96. The van der Waals surface area contributed by atoms with Crippen LogP contribution in [0.4, 0.5) is 4.39 Å². The Morgan fingerprint density at radius 2 is 2.24 bits per heavy atom. The van der Waals surface area contributed by atoms with E-state index in [4.69, 9.17) is 0 Å². The van der Waals surface area contributed by atoms with Gasteiger partial charge in [-0.25, -0.2) is 4.39 Å². The number of nitrogens with one attached hydrogen (secondary N) is 1. The van der Waals surface area contributed by atoms with Crippen molar-refractivity contribution < 1.29 is 9.18 Å². The molecule has 3 nitrogen and oxygen atoms in total. The first kappa shape index (κ1) is 16.0. The van der Waals surface area contributed by atoms with Gasteiger partial charge in [0.15, 0.2) is 0 Å². The molecule has 3 unspecified atom stereocenters. The number of carbonyl (C=O) groups excluding carboxylic acids is 1. The molecule has 21 heavy (non-hydrogen) atoms. The van der Waals surface area contributed by atoms with Crippen LogP contribution >= 0.6 is 0 Å². The molecule has 0 saturated carbocycles. The molecule has 0 radical (unpaired) electrons. The van der Waals surface area contributed by atoms with Crippen molar-refractivity contribution in [2.24, 2.45) is 5.92 Å². The highest BCUT2D eigenvalue weighted by Gasteiger charge is 2.28. The lowest BCUT2D eigenvalue weighted by molar-refractivity contribution is -0.135. The van der Waals surface area contributed by atoms with Crippen LogP contribution in [0, 0.1) is 11.7 Å². The van der Waals surface area contributed by atoms with Crippen molar-refractivity contribution in [2.75, 3.05) is 13.1 Å². The van der Waals surface area contributed by atoms with Crippen molar-refractivity contribution in [2.45, 2.75) is 45.7 Å². The summed E-state index contributed by atoms with van der Waals surface area (Å²) in [5.74, 6) is 0.215. The lowest BCUT2D eigenvalue weighted by Gasteiger charge is -2.39. The third kappa shape index (κ3) is 4.27. The van der Waals surface area contributed by atoms with E-state index in [9.17, 15) is 9.18 Å². The summed E-state index contributed by atoms with van der Waals surface area (Å²) in [4.78, 5) is 14.4. The fraction of sp³-hybridized carbons (Fsp3) is 0.588. The Morgan fingerprint density at radius 3 is 2.95 bits per heavy atom. The van der Waals surface area contributed by atoms with Gasteiger partial charge in [-0.3, -0.25) is 4.79 Å². The fourth-order valence-electron chi connectivity index (χ4n) is 2.96. The molecule has 2 rings (SSSR count). The molecule has 0 aliphatic carbocycles. The first-order valence-corrected chi connectivity index (χ1v) is 7.74. The van der Waals surface area contributed by atoms with Gasteiger partial charge in [0, 0.05) is 31.6 Å². The van der Waals surface area contributed by atoms with E-state index in [1.807, 2.05) is 11.0 Å².